The highest BCUT2D eigenvalue weighted by Gasteiger charge is 2.26. The SMILES string of the molecule is COCCNCc1cc(Cl)ccc1N1CCC(C(C)C)C1. The predicted octanol–water partition coefficient (Wildman–Crippen LogP) is 3.56. The minimum Gasteiger partial charge on any atom is -0.383 e. The van der Waals surface area contributed by atoms with Gasteiger partial charge in [-0.1, -0.05) is 25.4 Å². The van der Waals surface area contributed by atoms with Gasteiger partial charge in [-0.05, 0) is 42.0 Å². The van der Waals surface area contributed by atoms with E-state index in [0.717, 1.165) is 49.6 Å². The van der Waals surface area contributed by atoms with E-state index in [1.54, 1.807) is 7.11 Å². The molecule has 1 fully saturated rings. The summed E-state index contributed by atoms with van der Waals surface area (Å²) in [5, 5.41) is 4.22. The smallest absolute Gasteiger partial charge is 0.0587 e. The molecular formula is C17H27ClN2O. The Morgan fingerprint density at radius 3 is 2.90 bits per heavy atom. The molecule has 0 radical (unpaired) electrons. The van der Waals surface area contributed by atoms with Crippen LogP contribution in [0, 0.1) is 11.8 Å². The van der Waals surface area contributed by atoms with Crippen molar-refractivity contribution in [2.24, 2.45) is 11.8 Å². The third-order valence-electron chi connectivity index (χ3n) is 4.35. The maximum atomic E-state index is 6.17. The zero-order chi connectivity index (χ0) is 15.2. The Labute approximate surface area is 133 Å². The van der Waals surface area contributed by atoms with Crippen molar-refractivity contribution < 1.29 is 4.74 Å². The van der Waals surface area contributed by atoms with E-state index < -0.39 is 0 Å². The van der Waals surface area contributed by atoms with Crippen LogP contribution < -0.4 is 10.2 Å². The molecule has 3 nitrogen and oxygen atoms in total. The van der Waals surface area contributed by atoms with Crippen LogP contribution in [0.15, 0.2) is 18.2 Å². The number of halogens is 1. The predicted molar refractivity (Wildman–Crippen MR) is 90.2 cm³/mol. The number of ether oxygens (including phenoxy) is 1. The van der Waals surface area contributed by atoms with Crippen LogP contribution in [-0.2, 0) is 11.3 Å². The highest BCUT2D eigenvalue weighted by molar-refractivity contribution is 6.30. The minimum absolute atomic E-state index is 0.731. The largest absolute Gasteiger partial charge is 0.383 e. The quantitative estimate of drug-likeness (QED) is 0.779. The molecule has 1 atom stereocenters. The summed E-state index contributed by atoms with van der Waals surface area (Å²) < 4.78 is 5.07. The topological polar surface area (TPSA) is 24.5 Å². The molecule has 21 heavy (non-hydrogen) atoms. The Balaban J connectivity index is 2.04. The van der Waals surface area contributed by atoms with Gasteiger partial charge < -0.3 is 15.0 Å². The fourth-order valence-corrected chi connectivity index (χ4v) is 3.15. The summed E-state index contributed by atoms with van der Waals surface area (Å²) in [5.41, 5.74) is 2.61. The molecular weight excluding hydrogens is 284 g/mol. The van der Waals surface area contributed by atoms with E-state index in [1.807, 2.05) is 6.07 Å². The molecule has 1 aromatic rings. The van der Waals surface area contributed by atoms with Gasteiger partial charge in [0, 0.05) is 44.0 Å². The normalized spacial score (nSPS) is 18.7. The lowest BCUT2D eigenvalue weighted by atomic mass is 9.95. The van der Waals surface area contributed by atoms with E-state index in [1.165, 1.54) is 17.7 Å². The summed E-state index contributed by atoms with van der Waals surface area (Å²) in [4.78, 5) is 2.51. The first kappa shape index (κ1) is 16.6. The summed E-state index contributed by atoms with van der Waals surface area (Å²) in [5.74, 6) is 1.56. The molecule has 1 aliphatic rings. The van der Waals surface area contributed by atoms with E-state index in [9.17, 15) is 0 Å². The molecule has 1 aliphatic heterocycles. The van der Waals surface area contributed by atoms with Crippen molar-refractivity contribution in [3.05, 3.63) is 28.8 Å². The molecule has 4 heteroatoms. The van der Waals surface area contributed by atoms with Gasteiger partial charge in [0.15, 0.2) is 0 Å². The first-order valence-electron chi connectivity index (χ1n) is 7.85. The molecule has 0 aromatic heterocycles. The Morgan fingerprint density at radius 1 is 1.43 bits per heavy atom. The zero-order valence-corrected chi connectivity index (χ0v) is 14.1. The van der Waals surface area contributed by atoms with Gasteiger partial charge in [-0.3, -0.25) is 0 Å². The molecule has 0 bridgehead atoms. The van der Waals surface area contributed by atoms with Gasteiger partial charge in [0.05, 0.1) is 6.61 Å². The van der Waals surface area contributed by atoms with Crippen LogP contribution in [0.2, 0.25) is 5.02 Å². The third-order valence-corrected chi connectivity index (χ3v) is 4.58. The van der Waals surface area contributed by atoms with Crippen LogP contribution in [0.25, 0.3) is 0 Å². The third kappa shape index (κ3) is 4.60. The molecule has 2 rings (SSSR count). The summed E-state index contributed by atoms with van der Waals surface area (Å²) in [6.45, 7) is 9.38. The van der Waals surface area contributed by atoms with Crippen molar-refractivity contribution in [3.63, 3.8) is 0 Å². The molecule has 118 valence electrons. The maximum absolute atomic E-state index is 6.17. The average Bonchev–Trinajstić information content (AvgIpc) is 2.93. The Morgan fingerprint density at radius 2 is 2.24 bits per heavy atom. The average molecular weight is 311 g/mol. The lowest BCUT2D eigenvalue weighted by molar-refractivity contribution is 0.199. The first-order chi connectivity index (χ1) is 10.1. The first-order valence-corrected chi connectivity index (χ1v) is 8.22. The second-order valence-corrected chi connectivity index (χ2v) is 6.62. The molecule has 1 aromatic carbocycles. The van der Waals surface area contributed by atoms with Gasteiger partial charge in [-0.15, -0.1) is 0 Å². The summed E-state index contributed by atoms with van der Waals surface area (Å²) in [6.07, 6.45) is 1.29. The number of benzene rings is 1. The molecule has 0 saturated carbocycles. The molecule has 1 N–H and O–H groups in total. The number of rotatable bonds is 7. The molecule has 1 heterocycles. The number of nitrogens with one attached hydrogen (secondary N) is 1. The van der Waals surface area contributed by atoms with E-state index in [2.05, 4.69) is 36.2 Å². The van der Waals surface area contributed by atoms with Crippen LogP contribution in [-0.4, -0.2) is 33.4 Å². The van der Waals surface area contributed by atoms with E-state index in [4.69, 9.17) is 16.3 Å². The summed E-state index contributed by atoms with van der Waals surface area (Å²) in [6, 6.07) is 6.25. The van der Waals surface area contributed by atoms with Crippen molar-refractivity contribution in [3.8, 4) is 0 Å². The van der Waals surface area contributed by atoms with Crippen LogP contribution in [0.4, 0.5) is 5.69 Å². The van der Waals surface area contributed by atoms with E-state index in [0.29, 0.717) is 0 Å². The summed E-state index contributed by atoms with van der Waals surface area (Å²) in [7, 11) is 1.72. The lowest BCUT2D eigenvalue weighted by Crippen LogP contribution is -2.25. The number of anilines is 1. The molecule has 0 amide bonds. The highest BCUT2D eigenvalue weighted by Crippen LogP contribution is 2.31. The van der Waals surface area contributed by atoms with Crippen LogP contribution in [0.1, 0.15) is 25.8 Å². The standard InChI is InChI=1S/C17H27ClN2O/c1-13(2)14-6-8-20(12-14)17-5-4-16(18)10-15(17)11-19-7-9-21-3/h4-5,10,13-14,19H,6-9,11-12H2,1-3H3. The maximum Gasteiger partial charge on any atom is 0.0587 e. The van der Waals surface area contributed by atoms with Gasteiger partial charge in [-0.25, -0.2) is 0 Å². The Kier molecular flexibility index (Phi) is 6.34. The van der Waals surface area contributed by atoms with Gasteiger partial charge in [0.2, 0.25) is 0 Å². The van der Waals surface area contributed by atoms with Gasteiger partial charge in [0.1, 0.15) is 0 Å². The van der Waals surface area contributed by atoms with Gasteiger partial charge in [0.25, 0.3) is 0 Å². The van der Waals surface area contributed by atoms with Crippen molar-refractivity contribution >= 4 is 17.3 Å². The van der Waals surface area contributed by atoms with Crippen molar-refractivity contribution in [1.82, 2.24) is 5.32 Å². The number of methoxy groups -OCH3 is 1. The number of hydrogen-bond donors (Lipinski definition) is 1. The van der Waals surface area contributed by atoms with Crippen LogP contribution in [0.3, 0.4) is 0 Å². The second kappa shape index (κ2) is 8.02. The van der Waals surface area contributed by atoms with Gasteiger partial charge in [-0.2, -0.15) is 0 Å². The van der Waals surface area contributed by atoms with E-state index in [-0.39, 0.29) is 0 Å². The van der Waals surface area contributed by atoms with Crippen molar-refractivity contribution in [1.29, 1.82) is 0 Å². The van der Waals surface area contributed by atoms with E-state index >= 15 is 0 Å². The van der Waals surface area contributed by atoms with Crippen molar-refractivity contribution in [2.75, 3.05) is 38.3 Å². The monoisotopic (exact) mass is 310 g/mol. The lowest BCUT2D eigenvalue weighted by Gasteiger charge is -2.23. The summed E-state index contributed by atoms with van der Waals surface area (Å²) >= 11 is 6.17. The molecule has 0 aliphatic carbocycles. The van der Waals surface area contributed by atoms with Crippen molar-refractivity contribution in [2.45, 2.75) is 26.8 Å². The van der Waals surface area contributed by atoms with Crippen LogP contribution in [0.5, 0.6) is 0 Å². The molecule has 1 saturated heterocycles. The fourth-order valence-electron chi connectivity index (χ4n) is 2.95. The second-order valence-electron chi connectivity index (χ2n) is 6.18. The fraction of sp³-hybridized carbons (Fsp3) is 0.647. The van der Waals surface area contributed by atoms with Crippen LogP contribution >= 0.6 is 11.6 Å². The number of hydrogen-bond acceptors (Lipinski definition) is 3. The highest BCUT2D eigenvalue weighted by atomic mass is 35.5. The minimum atomic E-state index is 0.731. The molecule has 1 unspecified atom stereocenters. The Bertz CT molecular complexity index is 450. The number of nitrogens with zero attached hydrogens (tertiary/aromatic N) is 1. The Hall–Kier alpha value is -0.770. The van der Waals surface area contributed by atoms with Gasteiger partial charge >= 0.3 is 0 Å². The molecule has 0 spiro atoms. The zero-order valence-electron chi connectivity index (χ0n) is 13.4.